The summed E-state index contributed by atoms with van der Waals surface area (Å²) in [7, 11) is 2.02. The molecule has 0 aliphatic heterocycles. The smallest absolute Gasteiger partial charge is 0.263 e. The van der Waals surface area contributed by atoms with E-state index in [1.165, 1.54) is 18.9 Å². The standard InChI is InChI=1S/C14H20F2N2/c1-18(9-10-5-6-10)13(8-17)11-3-2-4-12(7-11)14(15)16/h2-4,7,10,13-14H,5-6,8-9,17H2,1H3. The van der Waals surface area contributed by atoms with Crippen molar-refractivity contribution in [3.8, 4) is 0 Å². The number of rotatable bonds is 6. The highest BCUT2D eigenvalue weighted by Gasteiger charge is 2.26. The first-order valence-electron chi connectivity index (χ1n) is 6.40. The van der Waals surface area contributed by atoms with Gasteiger partial charge in [-0.1, -0.05) is 18.2 Å². The van der Waals surface area contributed by atoms with Crippen LogP contribution in [-0.2, 0) is 0 Å². The van der Waals surface area contributed by atoms with Gasteiger partial charge in [0.2, 0.25) is 0 Å². The molecule has 18 heavy (non-hydrogen) atoms. The van der Waals surface area contributed by atoms with Gasteiger partial charge in [-0.25, -0.2) is 8.78 Å². The molecule has 1 aromatic carbocycles. The molecular formula is C14H20F2N2. The first-order valence-corrected chi connectivity index (χ1v) is 6.40. The van der Waals surface area contributed by atoms with Gasteiger partial charge in [0.25, 0.3) is 6.43 Å². The zero-order valence-corrected chi connectivity index (χ0v) is 10.7. The summed E-state index contributed by atoms with van der Waals surface area (Å²) in [5.41, 5.74) is 6.76. The monoisotopic (exact) mass is 254 g/mol. The van der Waals surface area contributed by atoms with Crippen molar-refractivity contribution in [2.75, 3.05) is 20.1 Å². The first kappa shape index (κ1) is 13.4. The van der Waals surface area contributed by atoms with E-state index < -0.39 is 6.43 Å². The van der Waals surface area contributed by atoms with Crippen molar-refractivity contribution in [3.63, 3.8) is 0 Å². The average molecular weight is 254 g/mol. The molecule has 100 valence electrons. The molecule has 0 spiro atoms. The van der Waals surface area contributed by atoms with Crippen molar-refractivity contribution < 1.29 is 8.78 Å². The molecule has 2 N–H and O–H groups in total. The largest absolute Gasteiger partial charge is 0.329 e. The number of benzene rings is 1. The maximum absolute atomic E-state index is 12.7. The summed E-state index contributed by atoms with van der Waals surface area (Å²) in [6.07, 6.45) is 0.134. The predicted octanol–water partition coefficient (Wildman–Crippen LogP) is 2.97. The average Bonchev–Trinajstić information content (AvgIpc) is 3.14. The Kier molecular flexibility index (Phi) is 4.30. The minimum Gasteiger partial charge on any atom is -0.329 e. The summed E-state index contributed by atoms with van der Waals surface area (Å²) in [6.45, 7) is 1.46. The second-order valence-corrected chi connectivity index (χ2v) is 5.11. The van der Waals surface area contributed by atoms with E-state index >= 15 is 0 Å². The van der Waals surface area contributed by atoms with Crippen LogP contribution in [0, 0.1) is 5.92 Å². The van der Waals surface area contributed by atoms with Crippen LogP contribution in [0.5, 0.6) is 0 Å². The van der Waals surface area contributed by atoms with E-state index in [0.29, 0.717) is 6.54 Å². The second kappa shape index (κ2) is 5.76. The molecule has 2 rings (SSSR count). The van der Waals surface area contributed by atoms with Gasteiger partial charge in [0.15, 0.2) is 0 Å². The van der Waals surface area contributed by atoms with Crippen molar-refractivity contribution >= 4 is 0 Å². The van der Waals surface area contributed by atoms with Gasteiger partial charge in [-0.2, -0.15) is 0 Å². The Morgan fingerprint density at radius 3 is 2.56 bits per heavy atom. The Labute approximate surface area is 107 Å². The summed E-state index contributed by atoms with van der Waals surface area (Å²) >= 11 is 0. The highest BCUT2D eigenvalue weighted by atomic mass is 19.3. The normalized spacial score (nSPS) is 17.4. The lowest BCUT2D eigenvalue weighted by Gasteiger charge is -2.27. The summed E-state index contributed by atoms with van der Waals surface area (Å²) < 4.78 is 25.4. The minimum atomic E-state index is -2.42. The lowest BCUT2D eigenvalue weighted by molar-refractivity contribution is 0.151. The third kappa shape index (κ3) is 3.27. The lowest BCUT2D eigenvalue weighted by atomic mass is 10.0. The van der Waals surface area contributed by atoms with Crippen molar-refractivity contribution in [2.45, 2.75) is 25.3 Å². The van der Waals surface area contributed by atoms with Crippen LogP contribution in [0.3, 0.4) is 0 Å². The van der Waals surface area contributed by atoms with Gasteiger partial charge in [-0.3, -0.25) is 4.90 Å². The van der Waals surface area contributed by atoms with Crippen LogP contribution in [0.1, 0.15) is 36.4 Å². The van der Waals surface area contributed by atoms with Crippen LogP contribution in [0.25, 0.3) is 0 Å². The fourth-order valence-corrected chi connectivity index (χ4v) is 2.31. The van der Waals surface area contributed by atoms with E-state index in [4.69, 9.17) is 5.73 Å². The molecule has 1 fully saturated rings. The van der Waals surface area contributed by atoms with Gasteiger partial charge in [0.1, 0.15) is 0 Å². The number of likely N-dealkylation sites (N-methyl/N-ethyl adjacent to an activating group) is 1. The Bertz CT molecular complexity index is 391. The van der Waals surface area contributed by atoms with Gasteiger partial charge in [-0.05, 0) is 37.4 Å². The van der Waals surface area contributed by atoms with Gasteiger partial charge in [0, 0.05) is 24.7 Å². The van der Waals surface area contributed by atoms with Crippen molar-refractivity contribution in [1.82, 2.24) is 4.90 Å². The van der Waals surface area contributed by atoms with E-state index in [9.17, 15) is 8.78 Å². The third-order valence-electron chi connectivity index (χ3n) is 3.55. The molecule has 1 saturated carbocycles. The van der Waals surface area contributed by atoms with Gasteiger partial charge >= 0.3 is 0 Å². The molecule has 0 heterocycles. The number of hydrogen-bond donors (Lipinski definition) is 1. The van der Waals surface area contributed by atoms with E-state index in [1.54, 1.807) is 12.1 Å². The molecule has 0 amide bonds. The Morgan fingerprint density at radius 2 is 2.00 bits per heavy atom. The molecule has 1 aliphatic rings. The van der Waals surface area contributed by atoms with Crippen LogP contribution in [0.4, 0.5) is 8.78 Å². The van der Waals surface area contributed by atoms with Gasteiger partial charge in [-0.15, -0.1) is 0 Å². The summed E-state index contributed by atoms with van der Waals surface area (Å²) in [6, 6.07) is 6.63. The molecule has 1 unspecified atom stereocenters. The maximum Gasteiger partial charge on any atom is 0.263 e. The molecule has 1 aromatic rings. The second-order valence-electron chi connectivity index (χ2n) is 5.11. The highest BCUT2D eigenvalue weighted by Crippen LogP contribution is 2.32. The number of halogens is 2. The molecule has 0 saturated heterocycles. The zero-order chi connectivity index (χ0) is 13.1. The molecular weight excluding hydrogens is 234 g/mol. The fraction of sp³-hybridized carbons (Fsp3) is 0.571. The molecule has 4 heteroatoms. The Hall–Kier alpha value is -1.00. The zero-order valence-electron chi connectivity index (χ0n) is 10.7. The molecule has 0 radical (unpaired) electrons. The number of hydrogen-bond acceptors (Lipinski definition) is 2. The van der Waals surface area contributed by atoms with Crippen LogP contribution >= 0.6 is 0 Å². The molecule has 0 bridgehead atoms. The lowest BCUT2D eigenvalue weighted by Crippen LogP contribution is -2.32. The highest BCUT2D eigenvalue weighted by molar-refractivity contribution is 5.27. The van der Waals surface area contributed by atoms with Crippen molar-refractivity contribution in [2.24, 2.45) is 11.7 Å². The number of nitrogens with two attached hydrogens (primary N) is 1. The van der Waals surface area contributed by atoms with E-state index in [-0.39, 0.29) is 11.6 Å². The quantitative estimate of drug-likeness (QED) is 0.845. The maximum atomic E-state index is 12.7. The molecule has 1 atom stereocenters. The van der Waals surface area contributed by atoms with E-state index in [2.05, 4.69) is 4.90 Å². The predicted molar refractivity (Wildman–Crippen MR) is 68.5 cm³/mol. The van der Waals surface area contributed by atoms with Gasteiger partial charge in [0.05, 0.1) is 0 Å². The first-order chi connectivity index (χ1) is 8.61. The van der Waals surface area contributed by atoms with Crippen LogP contribution in [0.15, 0.2) is 24.3 Å². The van der Waals surface area contributed by atoms with E-state index in [0.717, 1.165) is 18.0 Å². The molecule has 2 nitrogen and oxygen atoms in total. The fourth-order valence-electron chi connectivity index (χ4n) is 2.31. The SMILES string of the molecule is CN(CC1CC1)C(CN)c1cccc(C(F)F)c1. The van der Waals surface area contributed by atoms with Crippen molar-refractivity contribution in [3.05, 3.63) is 35.4 Å². The van der Waals surface area contributed by atoms with Crippen molar-refractivity contribution in [1.29, 1.82) is 0 Å². The summed E-state index contributed by atoms with van der Waals surface area (Å²) in [5.74, 6) is 0.766. The summed E-state index contributed by atoms with van der Waals surface area (Å²) in [5, 5.41) is 0. The Balaban J connectivity index is 2.12. The van der Waals surface area contributed by atoms with Crippen LogP contribution in [-0.4, -0.2) is 25.0 Å². The van der Waals surface area contributed by atoms with E-state index in [1.807, 2.05) is 13.1 Å². The topological polar surface area (TPSA) is 29.3 Å². The molecule has 0 aromatic heterocycles. The number of alkyl halides is 2. The van der Waals surface area contributed by atoms with Crippen LogP contribution in [0.2, 0.25) is 0 Å². The molecule has 1 aliphatic carbocycles. The summed E-state index contributed by atoms with van der Waals surface area (Å²) in [4.78, 5) is 2.18. The third-order valence-corrected chi connectivity index (χ3v) is 3.55. The Morgan fingerprint density at radius 1 is 1.33 bits per heavy atom. The van der Waals surface area contributed by atoms with Crippen LogP contribution < -0.4 is 5.73 Å². The van der Waals surface area contributed by atoms with Gasteiger partial charge < -0.3 is 5.73 Å². The minimum absolute atomic E-state index is 0.0318. The number of nitrogens with zero attached hydrogens (tertiary/aromatic N) is 1.